The van der Waals surface area contributed by atoms with Crippen LogP contribution in [0.15, 0.2) is 54.0 Å². The van der Waals surface area contributed by atoms with Crippen LogP contribution in [0.5, 0.6) is 0 Å². The first kappa shape index (κ1) is 19.5. The van der Waals surface area contributed by atoms with Gasteiger partial charge in [0.25, 0.3) is 5.69 Å². The van der Waals surface area contributed by atoms with Crippen LogP contribution in [0, 0.1) is 17.0 Å². The van der Waals surface area contributed by atoms with Gasteiger partial charge in [-0.3, -0.25) is 10.1 Å². The highest BCUT2D eigenvalue weighted by Gasteiger charge is 2.17. The average molecular weight is 420 g/mol. The monoisotopic (exact) mass is 420 g/mol. The molecule has 0 bridgehead atoms. The molecule has 0 amide bonds. The van der Waals surface area contributed by atoms with Crippen LogP contribution < -0.4 is 5.32 Å². The van der Waals surface area contributed by atoms with Gasteiger partial charge in [0.1, 0.15) is 4.83 Å². The molecule has 30 heavy (non-hydrogen) atoms. The number of nitro benzene ring substituents is 1. The molecule has 4 rings (SSSR count). The van der Waals surface area contributed by atoms with Crippen molar-refractivity contribution in [1.82, 2.24) is 9.97 Å². The third-order valence-corrected chi connectivity index (χ3v) is 5.47. The summed E-state index contributed by atoms with van der Waals surface area (Å²) in [6, 6.07) is 11.6. The van der Waals surface area contributed by atoms with Crippen molar-refractivity contribution in [1.29, 1.82) is 0 Å². The smallest absolute Gasteiger partial charge is 0.336 e. The topological polar surface area (TPSA) is 118 Å². The zero-order chi connectivity index (χ0) is 21.3. The van der Waals surface area contributed by atoms with Crippen molar-refractivity contribution in [2.75, 3.05) is 5.32 Å². The lowest BCUT2D eigenvalue weighted by Crippen LogP contribution is -2.07. The Kier molecular flexibility index (Phi) is 5.11. The van der Waals surface area contributed by atoms with Gasteiger partial charge in [0.15, 0.2) is 5.82 Å². The molecule has 0 aliphatic carbocycles. The first-order chi connectivity index (χ1) is 14.4. The molecule has 2 aromatic heterocycles. The molecule has 0 saturated heterocycles. The van der Waals surface area contributed by atoms with E-state index in [2.05, 4.69) is 15.3 Å². The number of hydrogen-bond donors (Lipinski definition) is 2. The molecular weight excluding hydrogens is 404 g/mol. The third-order valence-electron chi connectivity index (χ3n) is 4.65. The van der Waals surface area contributed by atoms with Gasteiger partial charge in [-0.1, -0.05) is 12.1 Å². The maximum absolute atomic E-state index is 11.8. The van der Waals surface area contributed by atoms with Gasteiger partial charge in [0.05, 0.1) is 10.5 Å². The predicted octanol–water partition coefficient (Wildman–Crippen LogP) is 4.89. The predicted molar refractivity (Wildman–Crippen MR) is 115 cm³/mol. The van der Waals surface area contributed by atoms with Crippen LogP contribution in [-0.4, -0.2) is 26.0 Å². The molecule has 8 nitrogen and oxygen atoms in total. The number of nitro groups is 1. The third kappa shape index (κ3) is 3.83. The van der Waals surface area contributed by atoms with Crippen LogP contribution in [0.3, 0.4) is 0 Å². The van der Waals surface area contributed by atoms with Gasteiger partial charge in [-0.15, -0.1) is 11.3 Å². The fourth-order valence-corrected chi connectivity index (χ4v) is 3.86. The molecule has 0 saturated carbocycles. The summed E-state index contributed by atoms with van der Waals surface area (Å²) in [6.07, 6.45) is 1.68. The van der Waals surface area contributed by atoms with Gasteiger partial charge in [-0.25, -0.2) is 14.8 Å². The number of thiophene rings is 1. The van der Waals surface area contributed by atoms with E-state index in [1.165, 1.54) is 23.5 Å². The molecule has 0 radical (unpaired) electrons. The Balaban J connectivity index is 1.70. The molecule has 2 aromatic carbocycles. The molecule has 0 spiro atoms. The SMILES string of the molecule is Cc1cc(C(=O)O)c(-c2ncc3ccsc3n2)cc1NCc1cccc([N+](=O)[O-])c1. The lowest BCUT2D eigenvalue weighted by atomic mass is 10.0. The van der Waals surface area contributed by atoms with Crippen LogP contribution >= 0.6 is 11.3 Å². The number of non-ortho nitro benzene ring substituents is 1. The van der Waals surface area contributed by atoms with E-state index in [4.69, 9.17) is 0 Å². The van der Waals surface area contributed by atoms with Gasteiger partial charge in [-0.05, 0) is 41.6 Å². The zero-order valence-electron chi connectivity index (χ0n) is 15.8. The fourth-order valence-electron chi connectivity index (χ4n) is 3.12. The van der Waals surface area contributed by atoms with Gasteiger partial charge in [0, 0.05) is 41.5 Å². The highest BCUT2D eigenvalue weighted by Crippen LogP contribution is 2.30. The summed E-state index contributed by atoms with van der Waals surface area (Å²) in [5.41, 5.74) is 2.72. The Morgan fingerprint density at radius 3 is 2.87 bits per heavy atom. The van der Waals surface area contributed by atoms with E-state index in [9.17, 15) is 20.0 Å². The lowest BCUT2D eigenvalue weighted by Gasteiger charge is -2.14. The Morgan fingerprint density at radius 1 is 1.27 bits per heavy atom. The Bertz CT molecular complexity index is 1290. The fraction of sp³-hybridized carbons (Fsp3) is 0.0952. The van der Waals surface area contributed by atoms with E-state index in [1.54, 1.807) is 37.4 Å². The van der Waals surface area contributed by atoms with E-state index in [0.29, 0.717) is 23.6 Å². The number of hydrogen-bond acceptors (Lipinski definition) is 7. The number of aryl methyl sites for hydroxylation is 1. The van der Waals surface area contributed by atoms with Crippen molar-refractivity contribution in [3.05, 3.63) is 80.8 Å². The maximum atomic E-state index is 11.8. The molecular formula is C21H16N4O4S. The summed E-state index contributed by atoms with van der Waals surface area (Å²) in [5, 5.41) is 26.7. The molecule has 2 heterocycles. The second-order valence-electron chi connectivity index (χ2n) is 6.67. The van der Waals surface area contributed by atoms with E-state index in [1.807, 2.05) is 11.4 Å². The average Bonchev–Trinajstić information content (AvgIpc) is 3.20. The molecule has 4 aromatic rings. The van der Waals surface area contributed by atoms with E-state index < -0.39 is 10.9 Å². The number of aromatic nitrogens is 2. The molecule has 2 N–H and O–H groups in total. The van der Waals surface area contributed by atoms with Crippen molar-refractivity contribution < 1.29 is 14.8 Å². The van der Waals surface area contributed by atoms with Crippen molar-refractivity contribution in [2.24, 2.45) is 0 Å². The summed E-state index contributed by atoms with van der Waals surface area (Å²) in [4.78, 5) is 32.0. The Hall–Kier alpha value is -3.85. The summed E-state index contributed by atoms with van der Waals surface area (Å²) in [7, 11) is 0. The number of carboxylic acids is 1. The van der Waals surface area contributed by atoms with E-state index in [0.717, 1.165) is 21.3 Å². The minimum absolute atomic E-state index is 0.0191. The van der Waals surface area contributed by atoms with E-state index >= 15 is 0 Å². The zero-order valence-corrected chi connectivity index (χ0v) is 16.6. The first-order valence-electron chi connectivity index (χ1n) is 8.98. The Labute approximate surface area is 175 Å². The van der Waals surface area contributed by atoms with Gasteiger partial charge >= 0.3 is 5.97 Å². The number of aromatic carboxylic acids is 1. The van der Waals surface area contributed by atoms with Gasteiger partial charge < -0.3 is 10.4 Å². The van der Waals surface area contributed by atoms with Crippen LogP contribution in [0.2, 0.25) is 0 Å². The van der Waals surface area contributed by atoms with Crippen molar-refractivity contribution in [2.45, 2.75) is 13.5 Å². The van der Waals surface area contributed by atoms with Crippen molar-refractivity contribution >= 4 is 38.9 Å². The standard InChI is InChI=1S/C21H16N4O4S/c1-12-7-17(21(26)27)16(19-23-11-14-5-6-30-20(14)24-19)9-18(12)22-10-13-3-2-4-15(8-13)25(28)29/h2-9,11,22H,10H2,1H3,(H,26,27). The highest BCUT2D eigenvalue weighted by atomic mass is 32.1. The van der Waals surface area contributed by atoms with Crippen LogP contribution in [0.4, 0.5) is 11.4 Å². The molecule has 0 aliphatic rings. The number of carboxylic acid groups (broad SMARTS) is 1. The minimum atomic E-state index is -1.06. The number of benzene rings is 2. The van der Waals surface area contributed by atoms with Crippen LogP contribution in [-0.2, 0) is 6.54 Å². The number of nitrogens with zero attached hydrogens (tertiary/aromatic N) is 3. The molecule has 150 valence electrons. The first-order valence-corrected chi connectivity index (χ1v) is 9.86. The minimum Gasteiger partial charge on any atom is -0.478 e. The van der Waals surface area contributed by atoms with Crippen LogP contribution in [0.25, 0.3) is 21.6 Å². The number of rotatable bonds is 6. The summed E-state index contributed by atoms with van der Waals surface area (Å²) in [6.45, 7) is 2.15. The number of nitrogens with one attached hydrogen (secondary N) is 1. The molecule has 0 fully saturated rings. The number of carbonyl (C=O) groups is 1. The molecule has 0 aliphatic heterocycles. The lowest BCUT2D eigenvalue weighted by molar-refractivity contribution is -0.384. The quantitative estimate of drug-likeness (QED) is 0.337. The molecule has 0 unspecified atom stereocenters. The van der Waals surface area contributed by atoms with Crippen LogP contribution in [0.1, 0.15) is 21.5 Å². The highest BCUT2D eigenvalue weighted by molar-refractivity contribution is 7.16. The second-order valence-corrected chi connectivity index (χ2v) is 7.57. The van der Waals surface area contributed by atoms with E-state index in [-0.39, 0.29) is 11.3 Å². The number of anilines is 1. The Morgan fingerprint density at radius 2 is 2.10 bits per heavy atom. The second kappa shape index (κ2) is 7.88. The molecule has 0 atom stereocenters. The number of fused-ring (bicyclic) bond motifs is 1. The largest absolute Gasteiger partial charge is 0.478 e. The van der Waals surface area contributed by atoms with Gasteiger partial charge in [0.2, 0.25) is 0 Å². The van der Waals surface area contributed by atoms with Gasteiger partial charge in [-0.2, -0.15) is 0 Å². The maximum Gasteiger partial charge on any atom is 0.336 e. The molecule has 9 heteroatoms. The van der Waals surface area contributed by atoms with Crippen molar-refractivity contribution in [3.8, 4) is 11.4 Å². The van der Waals surface area contributed by atoms with Crippen molar-refractivity contribution in [3.63, 3.8) is 0 Å². The normalized spacial score (nSPS) is 10.8. The summed E-state index contributed by atoms with van der Waals surface area (Å²) < 4.78 is 0. The summed E-state index contributed by atoms with van der Waals surface area (Å²) >= 11 is 1.46. The summed E-state index contributed by atoms with van der Waals surface area (Å²) in [5.74, 6) is -0.728.